The normalized spacial score (nSPS) is 9.14. The molecule has 72 valence electrons. The van der Waals surface area contributed by atoms with Gasteiger partial charge in [-0.15, -0.1) is 6.42 Å². The molecule has 2 heteroatoms. The summed E-state index contributed by atoms with van der Waals surface area (Å²) >= 11 is 0. The number of Topliss-reactive ketones (excluding diaryl/α,β-unsaturated/α-hetero) is 1. The van der Waals surface area contributed by atoms with Crippen molar-refractivity contribution in [2.24, 2.45) is 0 Å². The SMILES string of the molecule is C#CCC(=O)Cc1ccc(OC)cc1. The lowest BCUT2D eigenvalue weighted by molar-refractivity contribution is -0.117. The van der Waals surface area contributed by atoms with E-state index in [1.807, 2.05) is 24.3 Å². The van der Waals surface area contributed by atoms with E-state index in [4.69, 9.17) is 11.2 Å². The van der Waals surface area contributed by atoms with E-state index in [2.05, 4.69) is 5.92 Å². The van der Waals surface area contributed by atoms with Crippen LogP contribution in [0.4, 0.5) is 0 Å². The van der Waals surface area contributed by atoms with E-state index < -0.39 is 0 Å². The molecule has 0 unspecified atom stereocenters. The highest BCUT2D eigenvalue weighted by Gasteiger charge is 2.01. The third-order valence-corrected chi connectivity index (χ3v) is 1.86. The molecular weight excluding hydrogens is 176 g/mol. The molecule has 0 N–H and O–H groups in total. The molecule has 0 bridgehead atoms. The van der Waals surface area contributed by atoms with Gasteiger partial charge in [0.1, 0.15) is 11.5 Å². The summed E-state index contributed by atoms with van der Waals surface area (Å²) in [5.74, 6) is 3.19. The molecule has 2 nitrogen and oxygen atoms in total. The van der Waals surface area contributed by atoms with E-state index in [0.717, 1.165) is 11.3 Å². The number of ether oxygens (including phenoxy) is 1. The summed E-state index contributed by atoms with van der Waals surface area (Å²) in [5.41, 5.74) is 0.964. The zero-order valence-electron chi connectivity index (χ0n) is 8.12. The van der Waals surface area contributed by atoms with Crippen molar-refractivity contribution in [3.8, 4) is 18.1 Å². The second-order valence-corrected chi connectivity index (χ2v) is 2.94. The van der Waals surface area contributed by atoms with Gasteiger partial charge in [0.2, 0.25) is 0 Å². The quantitative estimate of drug-likeness (QED) is 0.674. The first-order valence-corrected chi connectivity index (χ1v) is 4.34. The van der Waals surface area contributed by atoms with Crippen molar-refractivity contribution >= 4 is 5.78 Å². The monoisotopic (exact) mass is 188 g/mol. The van der Waals surface area contributed by atoms with Crippen molar-refractivity contribution in [2.45, 2.75) is 12.8 Å². The van der Waals surface area contributed by atoms with Crippen molar-refractivity contribution < 1.29 is 9.53 Å². The zero-order valence-corrected chi connectivity index (χ0v) is 8.12. The number of terminal acetylenes is 1. The number of carbonyl (C=O) groups excluding carboxylic acids is 1. The smallest absolute Gasteiger partial charge is 0.149 e. The van der Waals surface area contributed by atoms with Crippen LogP contribution in [0.25, 0.3) is 0 Å². The molecule has 0 atom stereocenters. The molecule has 0 amide bonds. The van der Waals surface area contributed by atoms with Crippen LogP contribution in [0.2, 0.25) is 0 Å². The summed E-state index contributed by atoms with van der Waals surface area (Å²) in [5, 5.41) is 0. The average Bonchev–Trinajstić information content (AvgIpc) is 2.19. The molecule has 0 aromatic heterocycles. The molecule has 0 aliphatic rings. The minimum atomic E-state index is 0.0673. The van der Waals surface area contributed by atoms with E-state index in [1.54, 1.807) is 7.11 Å². The summed E-state index contributed by atoms with van der Waals surface area (Å²) in [6.45, 7) is 0. The van der Waals surface area contributed by atoms with E-state index in [-0.39, 0.29) is 12.2 Å². The third-order valence-electron chi connectivity index (χ3n) is 1.86. The van der Waals surface area contributed by atoms with Gasteiger partial charge in [-0.2, -0.15) is 0 Å². The Kier molecular flexibility index (Phi) is 3.75. The molecule has 1 aromatic carbocycles. The molecular formula is C12H12O2. The Balaban J connectivity index is 2.60. The van der Waals surface area contributed by atoms with Gasteiger partial charge in [0, 0.05) is 6.42 Å². The fourth-order valence-corrected chi connectivity index (χ4v) is 1.15. The summed E-state index contributed by atoms with van der Waals surface area (Å²) in [6, 6.07) is 7.40. The molecule has 14 heavy (non-hydrogen) atoms. The second kappa shape index (κ2) is 5.08. The average molecular weight is 188 g/mol. The minimum absolute atomic E-state index is 0.0673. The molecule has 0 fully saturated rings. The number of benzene rings is 1. The van der Waals surface area contributed by atoms with Gasteiger partial charge in [0.15, 0.2) is 0 Å². The highest BCUT2D eigenvalue weighted by Crippen LogP contribution is 2.12. The van der Waals surface area contributed by atoms with E-state index in [9.17, 15) is 4.79 Å². The maximum atomic E-state index is 11.2. The molecule has 0 spiro atoms. The van der Waals surface area contributed by atoms with Crippen LogP contribution in [0.3, 0.4) is 0 Å². The van der Waals surface area contributed by atoms with Gasteiger partial charge >= 0.3 is 0 Å². The maximum Gasteiger partial charge on any atom is 0.149 e. The van der Waals surface area contributed by atoms with Crippen LogP contribution in [0, 0.1) is 12.3 Å². The topological polar surface area (TPSA) is 26.3 Å². The largest absolute Gasteiger partial charge is 0.497 e. The van der Waals surface area contributed by atoms with Crippen LogP contribution in [-0.4, -0.2) is 12.9 Å². The van der Waals surface area contributed by atoms with Gasteiger partial charge in [0.05, 0.1) is 13.5 Å². The molecule has 1 aromatic rings. The van der Waals surface area contributed by atoms with Crippen LogP contribution in [0.5, 0.6) is 5.75 Å². The zero-order chi connectivity index (χ0) is 10.4. The number of hydrogen-bond acceptors (Lipinski definition) is 2. The van der Waals surface area contributed by atoms with Gasteiger partial charge in [-0.25, -0.2) is 0 Å². The predicted molar refractivity (Wildman–Crippen MR) is 55.2 cm³/mol. The summed E-state index contributed by atoms with van der Waals surface area (Å²) < 4.78 is 5.00. The Labute approximate surface area is 83.9 Å². The van der Waals surface area contributed by atoms with Crippen LogP contribution in [0.1, 0.15) is 12.0 Å². The van der Waals surface area contributed by atoms with Crippen molar-refractivity contribution in [3.63, 3.8) is 0 Å². The third kappa shape index (κ3) is 2.95. The molecule has 0 saturated heterocycles. The number of carbonyl (C=O) groups is 1. The molecule has 0 radical (unpaired) electrons. The Morgan fingerprint density at radius 3 is 2.57 bits per heavy atom. The Morgan fingerprint density at radius 1 is 1.43 bits per heavy atom. The lowest BCUT2D eigenvalue weighted by Crippen LogP contribution is -2.00. The fraction of sp³-hybridized carbons (Fsp3) is 0.250. The summed E-state index contributed by atoms with van der Waals surface area (Å²) in [7, 11) is 1.61. The van der Waals surface area contributed by atoms with Gasteiger partial charge in [-0.05, 0) is 17.7 Å². The van der Waals surface area contributed by atoms with E-state index in [0.29, 0.717) is 6.42 Å². The lowest BCUT2D eigenvalue weighted by Gasteiger charge is -2.01. The number of ketones is 1. The first-order chi connectivity index (χ1) is 6.76. The van der Waals surface area contributed by atoms with Crippen molar-refractivity contribution in [3.05, 3.63) is 29.8 Å². The van der Waals surface area contributed by atoms with Crippen LogP contribution in [-0.2, 0) is 11.2 Å². The van der Waals surface area contributed by atoms with Crippen LogP contribution < -0.4 is 4.74 Å². The highest BCUT2D eigenvalue weighted by molar-refractivity contribution is 5.82. The van der Waals surface area contributed by atoms with Crippen LogP contribution in [0.15, 0.2) is 24.3 Å². The Morgan fingerprint density at radius 2 is 2.07 bits per heavy atom. The fourth-order valence-electron chi connectivity index (χ4n) is 1.15. The first kappa shape index (κ1) is 10.3. The van der Waals surface area contributed by atoms with Crippen LogP contribution >= 0.6 is 0 Å². The Hall–Kier alpha value is -1.75. The first-order valence-electron chi connectivity index (χ1n) is 4.34. The number of hydrogen-bond donors (Lipinski definition) is 0. The summed E-state index contributed by atoms with van der Waals surface area (Å²) in [4.78, 5) is 11.2. The number of rotatable bonds is 4. The van der Waals surface area contributed by atoms with E-state index in [1.165, 1.54) is 0 Å². The van der Waals surface area contributed by atoms with Crippen molar-refractivity contribution in [2.75, 3.05) is 7.11 Å². The lowest BCUT2D eigenvalue weighted by atomic mass is 10.1. The molecule has 0 aliphatic carbocycles. The predicted octanol–water partition coefficient (Wildman–Crippen LogP) is 1.83. The van der Waals surface area contributed by atoms with Crippen molar-refractivity contribution in [1.29, 1.82) is 0 Å². The molecule has 0 aliphatic heterocycles. The van der Waals surface area contributed by atoms with Gasteiger partial charge in [0.25, 0.3) is 0 Å². The van der Waals surface area contributed by atoms with Gasteiger partial charge in [-0.3, -0.25) is 4.79 Å². The minimum Gasteiger partial charge on any atom is -0.497 e. The van der Waals surface area contributed by atoms with E-state index >= 15 is 0 Å². The molecule has 0 heterocycles. The van der Waals surface area contributed by atoms with Crippen molar-refractivity contribution in [1.82, 2.24) is 0 Å². The van der Waals surface area contributed by atoms with Gasteiger partial charge in [-0.1, -0.05) is 18.1 Å². The standard InChI is InChI=1S/C12H12O2/c1-3-4-11(13)9-10-5-7-12(14-2)8-6-10/h1,5-8H,4,9H2,2H3. The Bertz CT molecular complexity index is 344. The molecule has 1 rings (SSSR count). The maximum absolute atomic E-state index is 11.2. The summed E-state index contributed by atoms with van der Waals surface area (Å²) in [6.07, 6.45) is 5.64. The number of methoxy groups -OCH3 is 1. The molecule has 0 saturated carbocycles. The van der Waals surface area contributed by atoms with Gasteiger partial charge < -0.3 is 4.74 Å². The second-order valence-electron chi connectivity index (χ2n) is 2.94. The highest BCUT2D eigenvalue weighted by atomic mass is 16.5.